The zero-order valence-electron chi connectivity index (χ0n) is 11.5. The third kappa shape index (κ3) is 4.64. The van der Waals surface area contributed by atoms with Crippen LogP contribution in [0.1, 0.15) is 40.0 Å². The Morgan fingerprint density at radius 2 is 2.24 bits per heavy atom. The minimum Gasteiger partial charge on any atom is -0.387 e. The number of nitrogens with two attached hydrogens (primary N) is 1. The summed E-state index contributed by atoms with van der Waals surface area (Å²) in [5.74, 6) is 0.297. The molecular weight excluding hydrogens is 214 g/mol. The lowest BCUT2D eigenvalue weighted by molar-refractivity contribution is -0.0302. The van der Waals surface area contributed by atoms with Crippen LogP contribution in [0.15, 0.2) is 0 Å². The van der Waals surface area contributed by atoms with Crippen molar-refractivity contribution in [1.29, 1.82) is 5.41 Å². The van der Waals surface area contributed by atoms with E-state index in [1.54, 1.807) is 0 Å². The maximum Gasteiger partial charge on any atom is 0.0963 e. The van der Waals surface area contributed by atoms with E-state index in [0.717, 1.165) is 45.5 Å². The summed E-state index contributed by atoms with van der Waals surface area (Å²) in [7, 11) is 0. The number of nitrogens with one attached hydrogen (secondary N) is 1. The predicted octanol–water partition coefficient (Wildman–Crippen LogP) is 1.84. The molecule has 0 aromatic rings. The molecule has 1 rings (SSSR count). The largest absolute Gasteiger partial charge is 0.387 e. The Bertz CT molecular complexity index is 253. The molecule has 1 unspecified atom stereocenters. The first kappa shape index (κ1) is 14.5. The molecule has 4 nitrogen and oxygen atoms in total. The van der Waals surface area contributed by atoms with E-state index in [2.05, 4.69) is 11.8 Å². The average molecular weight is 241 g/mol. The minimum atomic E-state index is -0.156. The Morgan fingerprint density at radius 1 is 1.53 bits per heavy atom. The minimum absolute atomic E-state index is 0.156. The Labute approximate surface area is 105 Å². The fourth-order valence-corrected chi connectivity index (χ4v) is 2.11. The van der Waals surface area contributed by atoms with Gasteiger partial charge in [-0.2, -0.15) is 0 Å². The van der Waals surface area contributed by atoms with Crippen LogP contribution in [0.4, 0.5) is 0 Å². The van der Waals surface area contributed by atoms with Gasteiger partial charge in [-0.05, 0) is 25.8 Å². The second kappa shape index (κ2) is 6.36. The van der Waals surface area contributed by atoms with E-state index in [1.165, 1.54) is 0 Å². The molecule has 0 aromatic carbocycles. The zero-order valence-corrected chi connectivity index (χ0v) is 11.5. The molecule has 0 saturated carbocycles. The van der Waals surface area contributed by atoms with Crippen molar-refractivity contribution in [2.24, 2.45) is 11.1 Å². The van der Waals surface area contributed by atoms with Crippen LogP contribution in [0.2, 0.25) is 0 Å². The number of hydrogen-bond acceptors (Lipinski definition) is 3. The van der Waals surface area contributed by atoms with Gasteiger partial charge in [0.05, 0.1) is 18.5 Å². The molecule has 0 bridgehead atoms. The molecule has 0 aromatic heterocycles. The molecule has 1 saturated heterocycles. The van der Waals surface area contributed by atoms with Crippen LogP contribution in [0, 0.1) is 10.8 Å². The van der Waals surface area contributed by atoms with Crippen molar-refractivity contribution in [1.82, 2.24) is 4.90 Å². The van der Waals surface area contributed by atoms with Crippen molar-refractivity contribution in [3.63, 3.8) is 0 Å². The SMILES string of the molecule is CCC1CN(CCCC(C)(C)C(=N)N)CCO1. The average Bonchev–Trinajstić information content (AvgIpc) is 2.29. The number of ether oxygens (including phenoxy) is 1. The van der Waals surface area contributed by atoms with Crippen molar-refractivity contribution in [3.05, 3.63) is 0 Å². The molecule has 0 radical (unpaired) electrons. The van der Waals surface area contributed by atoms with Gasteiger partial charge in [-0.3, -0.25) is 10.3 Å². The number of hydrogen-bond donors (Lipinski definition) is 2. The van der Waals surface area contributed by atoms with Crippen LogP contribution in [0.3, 0.4) is 0 Å². The third-order valence-electron chi connectivity index (χ3n) is 3.68. The summed E-state index contributed by atoms with van der Waals surface area (Å²) in [4.78, 5) is 2.47. The predicted molar refractivity (Wildman–Crippen MR) is 71.4 cm³/mol. The van der Waals surface area contributed by atoms with Gasteiger partial charge in [0.2, 0.25) is 0 Å². The van der Waals surface area contributed by atoms with E-state index in [1.807, 2.05) is 13.8 Å². The maximum absolute atomic E-state index is 7.53. The Balaban J connectivity index is 2.24. The highest BCUT2D eigenvalue weighted by Crippen LogP contribution is 2.22. The Morgan fingerprint density at radius 3 is 2.82 bits per heavy atom. The summed E-state index contributed by atoms with van der Waals surface area (Å²) in [5.41, 5.74) is 5.43. The molecule has 0 spiro atoms. The molecule has 0 amide bonds. The molecule has 1 fully saturated rings. The smallest absolute Gasteiger partial charge is 0.0963 e. The molecule has 1 aliphatic heterocycles. The zero-order chi connectivity index (χ0) is 12.9. The lowest BCUT2D eigenvalue weighted by Gasteiger charge is -2.33. The van der Waals surface area contributed by atoms with Crippen molar-refractivity contribution in [3.8, 4) is 0 Å². The van der Waals surface area contributed by atoms with Crippen LogP contribution in [0.25, 0.3) is 0 Å². The molecular formula is C13H27N3O. The molecule has 0 aliphatic carbocycles. The summed E-state index contributed by atoms with van der Waals surface area (Å²) in [5, 5.41) is 7.53. The van der Waals surface area contributed by atoms with Crippen molar-refractivity contribution >= 4 is 5.84 Å². The Hall–Kier alpha value is -0.610. The fraction of sp³-hybridized carbons (Fsp3) is 0.923. The van der Waals surface area contributed by atoms with Crippen LogP contribution in [0.5, 0.6) is 0 Å². The first-order valence-corrected chi connectivity index (χ1v) is 6.64. The van der Waals surface area contributed by atoms with Gasteiger partial charge in [0.1, 0.15) is 0 Å². The first-order chi connectivity index (χ1) is 7.95. The van der Waals surface area contributed by atoms with E-state index in [0.29, 0.717) is 11.9 Å². The number of rotatable bonds is 6. The molecule has 1 atom stereocenters. The molecule has 4 heteroatoms. The second-order valence-electron chi connectivity index (χ2n) is 5.60. The van der Waals surface area contributed by atoms with Gasteiger partial charge in [-0.1, -0.05) is 20.8 Å². The molecule has 1 aliphatic rings. The Kier molecular flexibility index (Phi) is 5.40. The lowest BCUT2D eigenvalue weighted by atomic mass is 9.86. The highest BCUT2D eigenvalue weighted by Gasteiger charge is 2.23. The topological polar surface area (TPSA) is 62.3 Å². The van der Waals surface area contributed by atoms with E-state index >= 15 is 0 Å². The van der Waals surface area contributed by atoms with E-state index in [4.69, 9.17) is 15.9 Å². The summed E-state index contributed by atoms with van der Waals surface area (Å²) in [6.45, 7) is 10.3. The summed E-state index contributed by atoms with van der Waals surface area (Å²) < 4.78 is 5.65. The maximum atomic E-state index is 7.53. The fourth-order valence-electron chi connectivity index (χ4n) is 2.11. The monoisotopic (exact) mass is 241 g/mol. The van der Waals surface area contributed by atoms with Crippen LogP contribution >= 0.6 is 0 Å². The number of nitrogens with zero attached hydrogens (tertiary/aromatic N) is 1. The van der Waals surface area contributed by atoms with E-state index in [9.17, 15) is 0 Å². The van der Waals surface area contributed by atoms with Crippen molar-refractivity contribution in [2.45, 2.75) is 46.1 Å². The van der Waals surface area contributed by atoms with Gasteiger partial charge in [-0.15, -0.1) is 0 Å². The summed E-state index contributed by atoms with van der Waals surface area (Å²) in [6, 6.07) is 0. The molecule has 1 heterocycles. The van der Waals surface area contributed by atoms with Gasteiger partial charge in [0, 0.05) is 18.5 Å². The number of amidine groups is 1. The van der Waals surface area contributed by atoms with Crippen molar-refractivity contribution < 1.29 is 4.74 Å². The first-order valence-electron chi connectivity index (χ1n) is 6.64. The van der Waals surface area contributed by atoms with Gasteiger partial charge in [-0.25, -0.2) is 0 Å². The van der Waals surface area contributed by atoms with Crippen LogP contribution in [-0.2, 0) is 4.74 Å². The van der Waals surface area contributed by atoms with E-state index < -0.39 is 0 Å². The molecule has 100 valence electrons. The van der Waals surface area contributed by atoms with Crippen molar-refractivity contribution in [2.75, 3.05) is 26.2 Å². The summed E-state index contributed by atoms with van der Waals surface area (Å²) in [6.07, 6.45) is 3.58. The van der Waals surface area contributed by atoms with E-state index in [-0.39, 0.29) is 5.41 Å². The molecule has 17 heavy (non-hydrogen) atoms. The summed E-state index contributed by atoms with van der Waals surface area (Å²) >= 11 is 0. The van der Waals surface area contributed by atoms with Gasteiger partial charge >= 0.3 is 0 Å². The van der Waals surface area contributed by atoms with Gasteiger partial charge in [0.15, 0.2) is 0 Å². The lowest BCUT2D eigenvalue weighted by Crippen LogP contribution is -2.43. The molecule has 3 N–H and O–H groups in total. The van der Waals surface area contributed by atoms with Crippen LogP contribution < -0.4 is 5.73 Å². The second-order valence-corrected chi connectivity index (χ2v) is 5.60. The normalized spacial score (nSPS) is 22.6. The highest BCUT2D eigenvalue weighted by atomic mass is 16.5. The van der Waals surface area contributed by atoms with Crippen LogP contribution in [-0.4, -0.2) is 43.1 Å². The third-order valence-corrected chi connectivity index (χ3v) is 3.68. The number of morpholine rings is 1. The highest BCUT2D eigenvalue weighted by molar-refractivity contribution is 5.82. The quantitative estimate of drug-likeness (QED) is 0.551. The standard InChI is InChI=1S/C13H27N3O/c1-4-11-10-16(8-9-17-11)7-5-6-13(2,3)12(14)15/h11H,4-10H2,1-3H3,(H3,14,15). The van der Waals surface area contributed by atoms with Gasteiger partial charge < -0.3 is 10.5 Å². The van der Waals surface area contributed by atoms with Gasteiger partial charge in [0.25, 0.3) is 0 Å².